The summed E-state index contributed by atoms with van der Waals surface area (Å²) in [5.41, 5.74) is 0. The smallest absolute Gasteiger partial charge is 0.315 e. The van der Waals surface area contributed by atoms with Crippen molar-refractivity contribution in [3.8, 4) is 0 Å². The van der Waals surface area contributed by atoms with Crippen LogP contribution in [-0.4, -0.2) is 53.1 Å². The molecule has 8 heteroatoms. The Morgan fingerprint density at radius 1 is 1.03 bits per heavy atom. The zero-order valence-electron chi connectivity index (χ0n) is 17.3. The maximum atomic E-state index is 12.1. The van der Waals surface area contributed by atoms with E-state index in [9.17, 15) is 14.4 Å². The first-order valence-electron chi connectivity index (χ1n) is 10.8. The van der Waals surface area contributed by atoms with Crippen LogP contribution in [0.2, 0.25) is 0 Å². The number of carbonyl (C=O) groups excluding carboxylic acids is 2. The summed E-state index contributed by atoms with van der Waals surface area (Å²) >= 11 is 2.06. The molecule has 0 aromatic heterocycles. The third kappa shape index (κ3) is 8.28. The fourth-order valence-corrected chi connectivity index (χ4v) is 6.13. The van der Waals surface area contributed by atoms with Crippen LogP contribution >= 0.6 is 11.8 Å². The number of allylic oxidation sites excluding steroid dienone is 2. The number of hydrogen-bond acceptors (Lipinski definition) is 4. The summed E-state index contributed by atoms with van der Waals surface area (Å²) in [5, 5.41) is 18.3. The lowest BCUT2D eigenvalue weighted by Gasteiger charge is -2.29. The summed E-state index contributed by atoms with van der Waals surface area (Å²) < 4.78 is 0. The van der Waals surface area contributed by atoms with Gasteiger partial charge in [-0.3, -0.25) is 9.59 Å². The molecule has 0 saturated carbocycles. The Morgan fingerprint density at radius 2 is 1.79 bits per heavy atom. The lowest BCUT2D eigenvalue weighted by Crippen LogP contribution is -2.44. The highest BCUT2D eigenvalue weighted by Gasteiger charge is 2.47. The van der Waals surface area contributed by atoms with Crippen molar-refractivity contribution in [2.24, 2.45) is 11.8 Å². The van der Waals surface area contributed by atoms with Crippen molar-refractivity contribution >= 4 is 29.7 Å². The highest BCUT2D eigenvalue weighted by atomic mass is 32.2. The number of rotatable bonds is 13. The summed E-state index contributed by atoms with van der Waals surface area (Å²) in [6, 6.07) is -0.296. The second-order valence-electron chi connectivity index (χ2n) is 7.88. The Hall–Kier alpha value is -1.70. The molecule has 2 rings (SSSR count). The van der Waals surface area contributed by atoms with Gasteiger partial charge in [-0.05, 0) is 50.4 Å². The summed E-state index contributed by atoms with van der Waals surface area (Å²) in [6.45, 7) is 3.34. The van der Waals surface area contributed by atoms with Gasteiger partial charge in [-0.1, -0.05) is 25.5 Å². The van der Waals surface area contributed by atoms with Gasteiger partial charge in [-0.2, -0.15) is 11.8 Å². The maximum absolute atomic E-state index is 12.1. The maximum Gasteiger partial charge on any atom is 0.315 e. The van der Waals surface area contributed by atoms with Crippen LogP contribution in [0.1, 0.15) is 58.3 Å². The fraction of sp³-hybridized carbons (Fsp3) is 0.762. The van der Waals surface area contributed by atoms with Crippen molar-refractivity contribution in [3.63, 3.8) is 0 Å². The van der Waals surface area contributed by atoms with Gasteiger partial charge in [-0.15, -0.1) is 0 Å². The minimum atomic E-state index is -0.744. The number of fused-ring (bicyclic) bond motifs is 2. The molecule has 0 radical (unpaired) electrons. The van der Waals surface area contributed by atoms with Crippen LogP contribution in [-0.2, 0) is 9.59 Å². The van der Waals surface area contributed by atoms with Crippen LogP contribution in [0, 0.1) is 11.8 Å². The zero-order valence-corrected chi connectivity index (χ0v) is 18.1. The number of carbonyl (C=O) groups is 3. The van der Waals surface area contributed by atoms with Crippen molar-refractivity contribution in [1.29, 1.82) is 0 Å². The number of thioether (sulfide) groups is 1. The number of aliphatic carboxylic acids is 1. The number of amides is 3. The van der Waals surface area contributed by atoms with Gasteiger partial charge in [0.1, 0.15) is 0 Å². The van der Waals surface area contributed by atoms with E-state index in [2.05, 4.69) is 46.8 Å². The van der Waals surface area contributed by atoms with Crippen LogP contribution in [0.25, 0.3) is 0 Å². The van der Waals surface area contributed by atoms with Crippen molar-refractivity contribution in [2.45, 2.75) is 68.8 Å². The standard InChI is InChI=1S/C21H35N3O4S/c1-2-3-12-22-21(28)24-14-19(25)23-13-16-15(17-10-11-18(16)29-17)8-6-4-5-7-9-20(26)27/h4,6,15-18H,2-3,5,7-14H2,1H3,(H,23,25)(H,26,27)(H2,22,24,28)/b6-4-. The number of carboxylic acid groups (broad SMARTS) is 1. The van der Waals surface area contributed by atoms with Crippen LogP contribution in [0.3, 0.4) is 0 Å². The molecule has 0 spiro atoms. The largest absolute Gasteiger partial charge is 0.481 e. The molecule has 2 aliphatic heterocycles. The van der Waals surface area contributed by atoms with Crippen molar-refractivity contribution in [3.05, 3.63) is 12.2 Å². The van der Waals surface area contributed by atoms with E-state index in [0.29, 0.717) is 41.8 Å². The highest BCUT2D eigenvalue weighted by Crippen LogP contribution is 2.54. The van der Waals surface area contributed by atoms with Gasteiger partial charge in [-0.25, -0.2) is 4.79 Å². The van der Waals surface area contributed by atoms with Crippen molar-refractivity contribution in [2.75, 3.05) is 19.6 Å². The Kier molecular flexibility index (Phi) is 10.4. The normalized spacial score (nSPS) is 25.3. The minimum Gasteiger partial charge on any atom is -0.481 e. The third-order valence-corrected chi connectivity index (χ3v) is 7.56. The van der Waals surface area contributed by atoms with Crippen LogP contribution < -0.4 is 16.0 Å². The Labute approximate surface area is 177 Å². The number of unbranched alkanes of at least 4 members (excludes halogenated alkanes) is 2. The van der Waals surface area contributed by atoms with E-state index >= 15 is 0 Å². The predicted molar refractivity (Wildman–Crippen MR) is 116 cm³/mol. The van der Waals surface area contributed by atoms with Crippen molar-refractivity contribution < 1.29 is 19.5 Å². The first-order chi connectivity index (χ1) is 14.0. The molecule has 164 valence electrons. The van der Waals surface area contributed by atoms with Crippen LogP contribution in [0.5, 0.6) is 0 Å². The van der Waals surface area contributed by atoms with E-state index < -0.39 is 5.97 Å². The molecule has 4 atom stereocenters. The third-order valence-electron chi connectivity index (χ3n) is 5.69. The second kappa shape index (κ2) is 12.8. The van der Waals surface area contributed by atoms with Crippen LogP contribution in [0.4, 0.5) is 4.79 Å². The van der Waals surface area contributed by atoms with Gasteiger partial charge in [0.15, 0.2) is 0 Å². The summed E-state index contributed by atoms with van der Waals surface area (Å²) in [7, 11) is 0. The van der Waals surface area contributed by atoms with E-state index in [-0.39, 0.29) is 24.9 Å². The molecule has 2 saturated heterocycles. The summed E-state index contributed by atoms with van der Waals surface area (Å²) in [5.74, 6) is 0.128. The lowest BCUT2D eigenvalue weighted by atomic mass is 9.77. The predicted octanol–water partition coefficient (Wildman–Crippen LogP) is 2.91. The molecule has 2 aliphatic rings. The van der Waals surface area contributed by atoms with E-state index in [1.165, 1.54) is 12.8 Å². The molecule has 2 bridgehead atoms. The molecule has 0 aliphatic carbocycles. The van der Waals surface area contributed by atoms with Gasteiger partial charge >= 0.3 is 12.0 Å². The van der Waals surface area contributed by atoms with Gasteiger partial charge < -0.3 is 21.1 Å². The first kappa shape index (κ1) is 23.6. The first-order valence-corrected chi connectivity index (χ1v) is 11.8. The number of urea groups is 1. The molecular formula is C21H35N3O4S. The lowest BCUT2D eigenvalue weighted by molar-refractivity contribution is -0.137. The van der Waals surface area contributed by atoms with Crippen LogP contribution in [0.15, 0.2) is 12.2 Å². The average molecular weight is 426 g/mol. The molecule has 2 fully saturated rings. The summed E-state index contributed by atoms with van der Waals surface area (Å²) in [4.78, 5) is 34.3. The Bertz CT molecular complexity index is 584. The average Bonchev–Trinajstić information content (AvgIpc) is 3.29. The quantitative estimate of drug-likeness (QED) is 0.268. The number of hydrogen-bond donors (Lipinski definition) is 4. The molecule has 7 nitrogen and oxygen atoms in total. The molecular weight excluding hydrogens is 390 g/mol. The van der Waals surface area contributed by atoms with E-state index in [1.54, 1.807) is 0 Å². The highest BCUT2D eigenvalue weighted by molar-refractivity contribution is 8.01. The Balaban J connectivity index is 1.68. The van der Waals surface area contributed by atoms with Gasteiger partial charge in [0.05, 0.1) is 6.54 Å². The van der Waals surface area contributed by atoms with Gasteiger partial charge in [0.25, 0.3) is 0 Å². The molecule has 0 aromatic rings. The molecule has 2 heterocycles. The van der Waals surface area contributed by atoms with Gasteiger partial charge in [0, 0.05) is 30.0 Å². The molecule has 3 amide bonds. The minimum absolute atomic E-state index is 0.0000627. The fourth-order valence-electron chi connectivity index (χ4n) is 4.12. The Morgan fingerprint density at radius 3 is 2.52 bits per heavy atom. The number of carboxylic acids is 1. The van der Waals surface area contributed by atoms with E-state index in [0.717, 1.165) is 25.7 Å². The van der Waals surface area contributed by atoms with Gasteiger partial charge in [0.2, 0.25) is 5.91 Å². The molecule has 0 aromatic carbocycles. The van der Waals surface area contributed by atoms with Crippen molar-refractivity contribution in [1.82, 2.24) is 16.0 Å². The summed E-state index contributed by atoms with van der Waals surface area (Å²) in [6.07, 6.45) is 11.4. The zero-order chi connectivity index (χ0) is 21.1. The monoisotopic (exact) mass is 425 g/mol. The van der Waals surface area contributed by atoms with E-state index in [4.69, 9.17) is 5.11 Å². The SMILES string of the molecule is CCCCNC(=O)NCC(=O)NCC1C2CCC(S2)C1C/C=C\CCCC(=O)O. The second-order valence-corrected chi connectivity index (χ2v) is 9.36. The molecule has 4 unspecified atom stereocenters. The number of nitrogens with one attached hydrogen (secondary N) is 3. The molecule has 4 N–H and O–H groups in total. The van der Waals surface area contributed by atoms with E-state index in [1.807, 2.05) is 0 Å². The molecule has 29 heavy (non-hydrogen) atoms. The topological polar surface area (TPSA) is 108 Å².